The van der Waals surface area contributed by atoms with Crippen LogP contribution in [0, 0.1) is 0 Å². The number of carboxylic acid groups (broad SMARTS) is 1. The first-order valence-corrected chi connectivity index (χ1v) is 2.74. The molecule has 1 rings (SSSR count). The molecular formula is C6H6O4. The van der Waals surface area contributed by atoms with Crippen molar-refractivity contribution in [2.75, 3.05) is 0 Å². The molecule has 0 aromatic heterocycles. The van der Waals surface area contributed by atoms with Crippen molar-refractivity contribution in [1.82, 2.24) is 0 Å². The van der Waals surface area contributed by atoms with Gasteiger partial charge in [0.05, 0.1) is 6.26 Å². The van der Waals surface area contributed by atoms with Crippen LogP contribution in [-0.2, 0) is 14.3 Å². The van der Waals surface area contributed by atoms with Crippen molar-refractivity contribution >= 4 is 12.3 Å². The summed E-state index contributed by atoms with van der Waals surface area (Å²) in [6, 6.07) is 0. The van der Waals surface area contributed by atoms with Gasteiger partial charge in [-0.1, -0.05) is 0 Å². The zero-order valence-corrected chi connectivity index (χ0v) is 5.11. The molecule has 0 saturated heterocycles. The van der Waals surface area contributed by atoms with Crippen molar-refractivity contribution in [3.8, 4) is 0 Å². The van der Waals surface area contributed by atoms with Gasteiger partial charge in [0.2, 0.25) is 0 Å². The fourth-order valence-corrected chi connectivity index (χ4v) is 0.705. The van der Waals surface area contributed by atoms with Gasteiger partial charge in [0.25, 0.3) is 5.60 Å². The highest BCUT2D eigenvalue weighted by molar-refractivity contribution is 5.96. The Morgan fingerprint density at radius 1 is 1.80 bits per heavy atom. The lowest BCUT2D eigenvalue weighted by Gasteiger charge is -2.14. The molecule has 0 aromatic carbocycles. The number of rotatable bonds is 2. The average Bonchev–Trinajstić information content (AvgIpc) is 2.35. The van der Waals surface area contributed by atoms with Gasteiger partial charge in [-0.15, -0.1) is 0 Å². The van der Waals surface area contributed by atoms with Crippen LogP contribution in [0.4, 0.5) is 0 Å². The van der Waals surface area contributed by atoms with E-state index >= 15 is 0 Å². The Hall–Kier alpha value is -1.32. The smallest absolute Gasteiger partial charge is 0.355 e. The molecule has 0 aliphatic carbocycles. The molecule has 1 aliphatic heterocycles. The number of hydrogen-bond acceptors (Lipinski definition) is 3. The zero-order valence-electron chi connectivity index (χ0n) is 5.11. The van der Waals surface area contributed by atoms with E-state index in [0.717, 1.165) is 0 Å². The van der Waals surface area contributed by atoms with E-state index in [2.05, 4.69) is 4.74 Å². The average molecular weight is 142 g/mol. The Bertz CT molecular complexity index is 186. The van der Waals surface area contributed by atoms with E-state index in [-0.39, 0.29) is 6.42 Å². The van der Waals surface area contributed by atoms with Crippen LogP contribution in [0.25, 0.3) is 0 Å². The van der Waals surface area contributed by atoms with Crippen molar-refractivity contribution in [2.24, 2.45) is 0 Å². The second-order valence-corrected chi connectivity index (χ2v) is 2.01. The van der Waals surface area contributed by atoms with Crippen LogP contribution in [0.15, 0.2) is 12.3 Å². The molecular weight excluding hydrogens is 136 g/mol. The number of hydrogen-bond donors (Lipinski definition) is 1. The van der Waals surface area contributed by atoms with Gasteiger partial charge in [-0.05, 0) is 6.08 Å². The van der Waals surface area contributed by atoms with Gasteiger partial charge in [-0.25, -0.2) is 4.79 Å². The van der Waals surface area contributed by atoms with Gasteiger partial charge in [0, 0.05) is 6.42 Å². The van der Waals surface area contributed by atoms with E-state index < -0.39 is 11.6 Å². The van der Waals surface area contributed by atoms with Crippen molar-refractivity contribution in [3.05, 3.63) is 12.3 Å². The third kappa shape index (κ3) is 0.775. The largest absolute Gasteiger partial charge is 0.478 e. The Morgan fingerprint density at radius 2 is 2.50 bits per heavy atom. The molecule has 0 aromatic rings. The summed E-state index contributed by atoms with van der Waals surface area (Å²) in [5.41, 5.74) is -1.64. The topological polar surface area (TPSA) is 63.6 Å². The van der Waals surface area contributed by atoms with Gasteiger partial charge < -0.3 is 9.84 Å². The van der Waals surface area contributed by atoms with Gasteiger partial charge in [-0.2, -0.15) is 0 Å². The van der Waals surface area contributed by atoms with Crippen LogP contribution in [0.3, 0.4) is 0 Å². The van der Waals surface area contributed by atoms with Crippen molar-refractivity contribution in [2.45, 2.75) is 12.0 Å². The molecule has 1 unspecified atom stereocenters. The third-order valence-corrected chi connectivity index (χ3v) is 1.35. The summed E-state index contributed by atoms with van der Waals surface area (Å²) in [7, 11) is 0. The monoisotopic (exact) mass is 142 g/mol. The second-order valence-electron chi connectivity index (χ2n) is 2.01. The molecule has 0 bridgehead atoms. The Kier molecular flexibility index (Phi) is 1.45. The predicted octanol–water partition coefficient (Wildman–Crippen LogP) is -0.0573. The standard InChI is InChI=1S/C6H6O4/c7-4-6(5(8)9)2-1-3-10-6/h1,3-4H,2H2,(H,8,9). The van der Waals surface area contributed by atoms with Gasteiger partial charge in [0.15, 0.2) is 6.29 Å². The van der Waals surface area contributed by atoms with E-state index in [1.807, 2.05) is 0 Å². The minimum absolute atomic E-state index is 0.117. The molecule has 0 fully saturated rings. The van der Waals surface area contributed by atoms with Gasteiger partial charge in [0.1, 0.15) is 0 Å². The van der Waals surface area contributed by atoms with Crippen LogP contribution >= 0.6 is 0 Å². The fourth-order valence-electron chi connectivity index (χ4n) is 0.705. The maximum atomic E-state index is 10.4. The molecule has 4 nitrogen and oxygen atoms in total. The summed E-state index contributed by atoms with van der Waals surface area (Å²) in [4.78, 5) is 20.6. The molecule has 0 radical (unpaired) electrons. The number of ether oxygens (including phenoxy) is 1. The van der Waals surface area contributed by atoms with Crippen molar-refractivity contribution in [3.63, 3.8) is 0 Å². The lowest BCUT2D eigenvalue weighted by molar-refractivity contribution is -0.159. The van der Waals surface area contributed by atoms with Crippen LogP contribution in [0.5, 0.6) is 0 Å². The van der Waals surface area contributed by atoms with Crippen LogP contribution in [0.1, 0.15) is 6.42 Å². The maximum Gasteiger partial charge on any atom is 0.355 e. The van der Waals surface area contributed by atoms with Crippen LogP contribution in [0.2, 0.25) is 0 Å². The second kappa shape index (κ2) is 2.13. The van der Waals surface area contributed by atoms with Gasteiger partial charge >= 0.3 is 5.97 Å². The minimum Gasteiger partial charge on any atom is -0.478 e. The van der Waals surface area contributed by atoms with Crippen molar-refractivity contribution < 1.29 is 19.4 Å². The first-order valence-electron chi connectivity index (χ1n) is 2.74. The number of carbonyl (C=O) groups is 2. The van der Waals surface area contributed by atoms with Crippen LogP contribution < -0.4 is 0 Å². The van der Waals surface area contributed by atoms with Gasteiger partial charge in [-0.3, -0.25) is 4.79 Å². The third-order valence-electron chi connectivity index (χ3n) is 1.35. The SMILES string of the molecule is O=CC1(C(=O)O)CC=CO1. The molecule has 0 amide bonds. The highest BCUT2D eigenvalue weighted by Gasteiger charge is 2.41. The lowest BCUT2D eigenvalue weighted by Crippen LogP contribution is -2.39. The van der Waals surface area contributed by atoms with E-state index in [9.17, 15) is 9.59 Å². The fraction of sp³-hybridized carbons (Fsp3) is 0.333. The molecule has 0 spiro atoms. The molecule has 1 aliphatic rings. The summed E-state index contributed by atoms with van der Waals surface area (Å²) in [6.45, 7) is 0. The summed E-state index contributed by atoms with van der Waals surface area (Å²) >= 11 is 0. The molecule has 10 heavy (non-hydrogen) atoms. The minimum atomic E-state index is -1.64. The normalized spacial score (nSPS) is 29.6. The summed E-state index contributed by atoms with van der Waals surface area (Å²) in [6.07, 6.45) is 3.15. The summed E-state index contributed by atoms with van der Waals surface area (Å²) < 4.78 is 4.60. The molecule has 54 valence electrons. The molecule has 1 N–H and O–H groups in total. The summed E-state index contributed by atoms with van der Waals surface area (Å²) in [5, 5.41) is 8.47. The Labute approximate surface area is 57.1 Å². The lowest BCUT2D eigenvalue weighted by atomic mass is 10.0. The quantitative estimate of drug-likeness (QED) is 0.433. The van der Waals surface area contributed by atoms with E-state index in [1.165, 1.54) is 12.3 Å². The molecule has 0 saturated carbocycles. The number of aliphatic carboxylic acids is 1. The Balaban J connectivity index is 2.80. The van der Waals surface area contributed by atoms with E-state index in [0.29, 0.717) is 6.29 Å². The van der Waals surface area contributed by atoms with Crippen molar-refractivity contribution in [1.29, 1.82) is 0 Å². The van der Waals surface area contributed by atoms with E-state index in [4.69, 9.17) is 5.11 Å². The first-order chi connectivity index (χ1) is 4.71. The molecule has 4 heteroatoms. The first kappa shape index (κ1) is 6.80. The zero-order chi connectivity index (χ0) is 7.61. The predicted molar refractivity (Wildman–Crippen MR) is 31.3 cm³/mol. The van der Waals surface area contributed by atoms with Crippen LogP contribution in [-0.4, -0.2) is 23.0 Å². The summed E-state index contributed by atoms with van der Waals surface area (Å²) in [5.74, 6) is -1.24. The highest BCUT2D eigenvalue weighted by atomic mass is 16.5. The number of aldehydes is 1. The maximum absolute atomic E-state index is 10.4. The molecule has 1 atom stereocenters. The molecule has 1 heterocycles. The number of carbonyl (C=O) groups excluding carboxylic acids is 1. The van der Waals surface area contributed by atoms with E-state index in [1.54, 1.807) is 0 Å². The highest BCUT2D eigenvalue weighted by Crippen LogP contribution is 2.20. The number of carboxylic acids is 1. The Morgan fingerprint density at radius 3 is 2.70 bits per heavy atom.